The highest BCUT2D eigenvalue weighted by molar-refractivity contribution is 5.86. The van der Waals surface area contributed by atoms with Gasteiger partial charge in [0.25, 0.3) is 0 Å². The van der Waals surface area contributed by atoms with Crippen molar-refractivity contribution in [2.75, 3.05) is 38.1 Å². The summed E-state index contributed by atoms with van der Waals surface area (Å²) in [4.78, 5) is 14.0. The Kier molecular flexibility index (Phi) is 8.54. The lowest BCUT2D eigenvalue weighted by atomic mass is 10.1. The molecule has 4 aromatic rings. The van der Waals surface area contributed by atoms with E-state index in [1.165, 1.54) is 0 Å². The van der Waals surface area contributed by atoms with Crippen LogP contribution in [0.15, 0.2) is 40.9 Å². The number of anilines is 2. The molecule has 1 aliphatic carbocycles. The minimum absolute atomic E-state index is 0.195. The van der Waals surface area contributed by atoms with E-state index < -0.39 is 0 Å². The van der Waals surface area contributed by atoms with Crippen LogP contribution in [0.3, 0.4) is 0 Å². The third kappa shape index (κ3) is 6.22. The summed E-state index contributed by atoms with van der Waals surface area (Å²) in [6, 6.07) is 9.80. The van der Waals surface area contributed by atoms with Gasteiger partial charge in [0, 0.05) is 36.7 Å². The van der Waals surface area contributed by atoms with Gasteiger partial charge in [0.15, 0.2) is 5.58 Å². The SMILES string of the molecule is CCCOc1cc2cc(-c3c(C)nc(NCc4cc(OC)cc(OC)c4)nc3N[C@H]3CC[C@@H](CO)C3)oc2cn1. The van der Waals surface area contributed by atoms with E-state index in [2.05, 4.69) is 22.5 Å². The number of nitrogens with zero attached hydrogens (tertiary/aromatic N) is 3. The Bertz CT molecular complexity index is 1430. The quantitative estimate of drug-likeness (QED) is 0.207. The zero-order valence-corrected chi connectivity index (χ0v) is 23.5. The number of rotatable bonds is 12. The van der Waals surface area contributed by atoms with Crippen molar-refractivity contribution < 1.29 is 23.7 Å². The molecular weight excluding hydrogens is 510 g/mol. The molecule has 10 nitrogen and oxygen atoms in total. The van der Waals surface area contributed by atoms with Gasteiger partial charge in [-0.05, 0) is 62.3 Å². The lowest BCUT2D eigenvalue weighted by molar-refractivity contribution is 0.229. The van der Waals surface area contributed by atoms with Crippen LogP contribution in [-0.2, 0) is 6.54 Å². The number of aromatic nitrogens is 3. The second kappa shape index (κ2) is 12.4. The van der Waals surface area contributed by atoms with Crippen molar-refractivity contribution in [3.05, 3.63) is 47.8 Å². The van der Waals surface area contributed by atoms with Crippen LogP contribution in [0, 0.1) is 12.8 Å². The fourth-order valence-corrected chi connectivity index (χ4v) is 5.10. The van der Waals surface area contributed by atoms with Gasteiger partial charge in [-0.1, -0.05) is 6.92 Å². The number of aliphatic hydroxyl groups is 1. The molecule has 3 N–H and O–H groups in total. The van der Waals surface area contributed by atoms with Gasteiger partial charge in [-0.2, -0.15) is 4.98 Å². The maximum atomic E-state index is 9.67. The molecule has 1 aliphatic rings. The van der Waals surface area contributed by atoms with Crippen molar-refractivity contribution in [1.82, 2.24) is 15.0 Å². The molecule has 5 rings (SSSR count). The van der Waals surface area contributed by atoms with Crippen LogP contribution in [0.1, 0.15) is 43.9 Å². The number of nitrogens with one attached hydrogen (secondary N) is 2. The van der Waals surface area contributed by atoms with E-state index in [4.69, 9.17) is 28.6 Å². The molecule has 0 spiro atoms. The standard InChI is InChI=1S/C30H37N5O5/c1-5-8-39-27-13-21-12-25(40-26(21)16-31-27)28-18(2)33-30(35-29(28)34-22-7-6-19(9-22)17-36)32-15-20-10-23(37-3)14-24(11-20)38-4/h10-14,16,19,22,36H,5-9,15,17H2,1-4H3,(H2,32,33,34,35)/t19-,22+/m1/s1. The number of furan rings is 1. The summed E-state index contributed by atoms with van der Waals surface area (Å²) in [5.74, 6) is 4.14. The number of hydrogen-bond acceptors (Lipinski definition) is 10. The van der Waals surface area contributed by atoms with Gasteiger partial charge in [-0.3, -0.25) is 0 Å². The molecule has 212 valence electrons. The zero-order valence-electron chi connectivity index (χ0n) is 23.5. The number of hydrogen-bond donors (Lipinski definition) is 3. The minimum atomic E-state index is 0.195. The zero-order chi connectivity index (χ0) is 28.1. The van der Waals surface area contributed by atoms with Crippen molar-refractivity contribution in [2.24, 2.45) is 5.92 Å². The Labute approximate surface area is 234 Å². The number of pyridine rings is 1. The Morgan fingerprint density at radius 1 is 1.05 bits per heavy atom. The van der Waals surface area contributed by atoms with E-state index in [1.807, 2.05) is 37.3 Å². The number of ether oxygens (including phenoxy) is 3. The third-order valence-corrected chi connectivity index (χ3v) is 7.17. The highest BCUT2D eigenvalue weighted by Crippen LogP contribution is 2.37. The Balaban J connectivity index is 1.46. The summed E-state index contributed by atoms with van der Waals surface area (Å²) in [5.41, 5.74) is 3.21. The molecule has 3 aromatic heterocycles. The molecule has 1 fully saturated rings. The first-order valence-corrected chi connectivity index (χ1v) is 13.7. The Morgan fingerprint density at radius 3 is 2.55 bits per heavy atom. The van der Waals surface area contributed by atoms with Crippen molar-refractivity contribution in [3.63, 3.8) is 0 Å². The molecule has 0 radical (unpaired) electrons. The average molecular weight is 548 g/mol. The summed E-state index contributed by atoms with van der Waals surface area (Å²) in [6.07, 6.45) is 5.42. The van der Waals surface area contributed by atoms with Crippen LogP contribution >= 0.6 is 0 Å². The highest BCUT2D eigenvalue weighted by Gasteiger charge is 2.27. The predicted octanol–water partition coefficient (Wildman–Crippen LogP) is 5.58. The Hall–Kier alpha value is -4.05. The molecular formula is C30H37N5O5. The van der Waals surface area contributed by atoms with E-state index in [9.17, 15) is 5.11 Å². The first-order valence-electron chi connectivity index (χ1n) is 13.7. The normalized spacial score (nSPS) is 16.7. The van der Waals surface area contributed by atoms with Crippen molar-refractivity contribution in [2.45, 2.75) is 52.1 Å². The van der Waals surface area contributed by atoms with E-state index in [-0.39, 0.29) is 12.6 Å². The fourth-order valence-electron chi connectivity index (χ4n) is 5.10. The number of aliphatic hydroxyl groups excluding tert-OH is 1. The molecule has 10 heteroatoms. The number of benzene rings is 1. The molecule has 0 bridgehead atoms. The molecule has 2 atom stereocenters. The maximum absolute atomic E-state index is 9.67. The van der Waals surface area contributed by atoms with Crippen LogP contribution in [0.25, 0.3) is 22.3 Å². The predicted molar refractivity (Wildman–Crippen MR) is 154 cm³/mol. The van der Waals surface area contributed by atoms with Gasteiger partial charge >= 0.3 is 0 Å². The first-order chi connectivity index (χ1) is 19.5. The fraction of sp³-hybridized carbons (Fsp3) is 0.433. The molecule has 0 saturated heterocycles. The average Bonchev–Trinajstić information content (AvgIpc) is 3.60. The molecule has 0 amide bonds. The van der Waals surface area contributed by atoms with Gasteiger partial charge in [-0.15, -0.1) is 0 Å². The van der Waals surface area contributed by atoms with E-state index in [0.717, 1.165) is 47.9 Å². The molecule has 0 aliphatic heterocycles. The third-order valence-electron chi connectivity index (χ3n) is 7.17. The maximum Gasteiger partial charge on any atom is 0.225 e. The smallest absolute Gasteiger partial charge is 0.225 e. The number of methoxy groups -OCH3 is 2. The lowest BCUT2D eigenvalue weighted by Crippen LogP contribution is -2.19. The van der Waals surface area contributed by atoms with Crippen LogP contribution in [-0.4, -0.2) is 53.5 Å². The van der Waals surface area contributed by atoms with Gasteiger partial charge in [0.2, 0.25) is 11.8 Å². The van der Waals surface area contributed by atoms with E-state index >= 15 is 0 Å². The molecule has 40 heavy (non-hydrogen) atoms. The number of aryl methyl sites for hydroxylation is 1. The summed E-state index contributed by atoms with van der Waals surface area (Å²) < 4.78 is 22.8. The molecule has 3 heterocycles. The van der Waals surface area contributed by atoms with Crippen molar-refractivity contribution in [1.29, 1.82) is 0 Å². The number of fused-ring (bicyclic) bond motifs is 1. The summed E-state index contributed by atoms with van der Waals surface area (Å²) in [5, 5.41) is 17.5. The molecule has 1 saturated carbocycles. The molecule has 0 unspecified atom stereocenters. The van der Waals surface area contributed by atoms with Crippen LogP contribution in [0.2, 0.25) is 0 Å². The monoisotopic (exact) mass is 547 g/mol. The minimum Gasteiger partial charge on any atom is -0.497 e. The summed E-state index contributed by atoms with van der Waals surface area (Å²) in [7, 11) is 3.26. The van der Waals surface area contributed by atoms with Crippen LogP contribution in [0.4, 0.5) is 11.8 Å². The van der Waals surface area contributed by atoms with Gasteiger partial charge in [-0.25, -0.2) is 9.97 Å². The largest absolute Gasteiger partial charge is 0.497 e. The van der Waals surface area contributed by atoms with E-state index in [1.54, 1.807) is 20.4 Å². The van der Waals surface area contributed by atoms with E-state index in [0.29, 0.717) is 59.6 Å². The van der Waals surface area contributed by atoms with Crippen LogP contribution < -0.4 is 24.8 Å². The second-order valence-electron chi connectivity index (χ2n) is 10.2. The second-order valence-corrected chi connectivity index (χ2v) is 10.2. The molecule has 1 aromatic carbocycles. The van der Waals surface area contributed by atoms with Crippen molar-refractivity contribution >= 4 is 22.7 Å². The summed E-state index contributed by atoms with van der Waals surface area (Å²) in [6.45, 7) is 5.30. The first kappa shape index (κ1) is 27.5. The van der Waals surface area contributed by atoms with Gasteiger partial charge < -0.3 is 34.4 Å². The topological polar surface area (TPSA) is 124 Å². The highest BCUT2D eigenvalue weighted by atomic mass is 16.5. The van der Waals surface area contributed by atoms with Crippen LogP contribution in [0.5, 0.6) is 17.4 Å². The van der Waals surface area contributed by atoms with Crippen molar-refractivity contribution in [3.8, 4) is 28.7 Å². The lowest BCUT2D eigenvalue weighted by Gasteiger charge is -2.18. The Morgan fingerprint density at radius 2 is 1.85 bits per heavy atom. The van der Waals surface area contributed by atoms with Gasteiger partial charge in [0.1, 0.15) is 23.1 Å². The summed E-state index contributed by atoms with van der Waals surface area (Å²) >= 11 is 0. The van der Waals surface area contributed by atoms with Gasteiger partial charge in [0.05, 0.1) is 38.3 Å².